The molecule has 5 heteroatoms. The van der Waals surface area contributed by atoms with Gasteiger partial charge in [0.25, 0.3) is 0 Å². The van der Waals surface area contributed by atoms with Gasteiger partial charge in [0.1, 0.15) is 6.04 Å². The fourth-order valence-electron chi connectivity index (χ4n) is 2.44. The second kappa shape index (κ2) is 5.31. The predicted octanol–water partition coefficient (Wildman–Crippen LogP) is 1.42. The van der Waals surface area contributed by atoms with E-state index in [2.05, 4.69) is 10.00 Å². The van der Waals surface area contributed by atoms with Crippen molar-refractivity contribution in [2.45, 2.75) is 31.7 Å². The van der Waals surface area contributed by atoms with Gasteiger partial charge < -0.3 is 5.11 Å². The highest BCUT2D eigenvalue weighted by molar-refractivity contribution is 5.75. The van der Waals surface area contributed by atoms with E-state index in [4.69, 9.17) is 0 Å². The summed E-state index contributed by atoms with van der Waals surface area (Å²) in [6, 6.07) is -0.540. The lowest BCUT2D eigenvalue weighted by Gasteiger charge is -2.26. The zero-order chi connectivity index (χ0) is 12.3. The number of hydrogen-bond acceptors (Lipinski definition) is 3. The molecule has 1 aromatic heterocycles. The Kier molecular flexibility index (Phi) is 3.78. The van der Waals surface area contributed by atoms with E-state index in [0.29, 0.717) is 0 Å². The van der Waals surface area contributed by atoms with Gasteiger partial charge in [-0.2, -0.15) is 5.10 Å². The highest BCUT2D eigenvalue weighted by atomic mass is 16.4. The molecule has 0 aromatic carbocycles. The number of likely N-dealkylation sites (tertiary alicyclic amines) is 1. The monoisotopic (exact) mass is 237 g/mol. The molecule has 0 saturated carbocycles. The molecule has 1 saturated heterocycles. The van der Waals surface area contributed by atoms with Gasteiger partial charge in [-0.25, -0.2) is 0 Å². The summed E-state index contributed by atoms with van der Waals surface area (Å²) in [6.07, 6.45) is 8.03. The van der Waals surface area contributed by atoms with E-state index in [9.17, 15) is 9.90 Å². The van der Waals surface area contributed by atoms with Crippen LogP contribution in [0.2, 0.25) is 0 Å². The van der Waals surface area contributed by atoms with Gasteiger partial charge in [-0.05, 0) is 25.9 Å². The van der Waals surface area contributed by atoms with Crippen molar-refractivity contribution < 1.29 is 9.90 Å². The highest BCUT2D eigenvalue weighted by Gasteiger charge is 2.28. The molecule has 0 bridgehead atoms. The largest absolute Gasteiger partial charge is 0.480 e. The first-order chi connectivity index (χ1) is 8.18. The van der Waals surface area contributed by atoms with E-state index >= 15 is 0 Å². The number of hydrogen-bond donors (Lipinski definition) is 1. The van der Waals surface area contributed by atoms with Crippen molar-refractivity contribution in [1.82, 2.24) is 14.7 Å². The SMILES string of the molecule is Cn1cc(C(C(=O)O)N2CCCCCC2)cn1. The van der Waals surface area contributed by atoms with Crippen LogP contribution in [0.15, 0.2) is 12.4 Å². The van der Waals surface area contributed by atoms with Crippen LogP contribution in [0.5, 0.6) is 0 Å². The number of aliphatic carboxylic acids is 1. The first-order valence-corrected chi connectivity index (χ1v) is 6.14. The molecule has 0 spiro atoms. The number of carboxylic acid groups (broad SMARTS) is 1. The number of carboxylic acids is 1. The third kappa shape index (κ3) is 2.85. The van der Waals surface area contributed by atoms with Gasteiger partial charge in [0, 0.05) is 18.8 Å². The molecule has 1 aliphatic rings. The van der Waals surface area contributed by atoms with Crippen molar-refractivity contribution >= 4 is 5.97 Å². The van der Waals surface area contributed by atoms with Crippen LogP contribution in [0.25, 0.3) is 0 Å². The molecule has 1 fully saturated rings. The fourth-order valence-corrected chi connectivity index (χ4v) is 2.44. The molecular formula is C12H19N3O2. The minimum Gasteiger partial charge on any atom is -0.480 e. The Balaban J connectivity index is 2.18. The first kappa shape index (κ1) is 12.1. The van der Waals surface area contributed by atoms with Crippen molar-refractivity contribution in [3.8, 4) is 0 Å². The Labute approximate surface area is 101 Å². The Morgan fingerprint density at radius 3 is 2.47 bits per heavy atom. The molecule has 2 rings (SSSR count). The standard InChI is InChI=1S/C12H19N3O2/c1-14-9-10(8-13-14)11(12(16)17)15-6-4-2-3-5-7-15/h8-9,11H,2-7H2,1H3,(H,16,17). The van der Waals surface area contributed by atoms with Crippen molar-refractivity contribution in [3.05, 3.63) is 18.0 Å². The normalized spacial score (nSPS) is 19.8. The van der Waals surface area contributed by atoms with Crippen LogP contribution in [0.1, 0.15) is 37.3 Å². The maximum Gasteiger partial charge on any atom is 0.325 e. The average molecular weight is 237 g/mol. The topological polar surface area (TPSA) is 58.4 Å². The van der Waals surface area contributed by atoms with Crippen molar-refractivity contribution in [2.75, 3.05) is 13.1 Å². The number of nitrogens with zero attached hydrogens (tertiary/aromatic N) is 3. The molecule has 5 nitrogen and oxygen atoms in total. The Bertz CT molecular complexity index is 381. The number of carbonyl (C=O) groups is 1. The lowest BCUT2D eigenvalue weighted by molar-refractivity contribution is -0.143. The van der Waals surface area contributed by atoms with Gasteiger partial charge in [-0.3, -0.25) is 14.4 Å². The second-order valence-electron chi connectivity index (χ2n) is 4.64. The van der Waals surface area contributed by atoms with E-state index in [0.717, 1.165) is 31.5 Å². The van der Waals surface area contributed by atoms with Crippen LogP contribution in [0.3, 0.4) is 0 Å². The summed E-state index contributed by atoms with van der Waals surface area (Å²) in [5, 5.41) is 13.5. The van der Waals surface area contributed by atoms with Gasteiger partial charge in [-0.15, -0.1) is 0 Å². The molecule has 1 unspecified atom stereocenters. The van der Waals surface area contributed by atoms with E-state index < -0.39 is 12.0 Å². The van der Waals surface area contributed by atoms with Crippen molar-refractivity contribution in [1.29, 1.82) is 0 Å². The van der Waals surface area contributed by atoms with Crippen molar-refractivity contribution in [2.24, 2.45) is 7.05 Å². The molecule has 1 N–H and O–H groups in total. The summed E-state index contributed by atoms with van der Waals surface area (Å²) in [5.74, 6) is -0.778. The molecule has 1 atom stereocenters. The maximum atomic E-state index is 11.4. The van der Waals surface area contributed by atoms with E-state index in [-0.39, 0.29) is 0 Å². The Hall–Kier alpha value is -1.36. The molecule has 94 valence electrons. The third-order valence-corrected chi connectivity index (χ3v) is 3.28. The van der Waals surface area contributed by atoms with Crippen LogP contribution in [-0.2, 0) is 11.8 Å². The zero-order valence-electron chi connectivity index (χ0n) is 10.2. The smallest absolute Gasteiger partial charge is 0.325 e. The molecule has 0 amide bonds. The summed E-state index contributed by atoms with van der Waals surface area (Å²) in [5.41, 5.74) is 0.780. The van der Waals surface area contributed by atoms with Gasteiger partial charge in [-0.1, -0.05) is 12.8 Å². The van der Waals surface area contributed by atoms with E-state index in [1.54, 1.807) is 17.1 Å². The molecule has 17 heavy (non-hydrogen) atoms. The van der Waals surface area contributed by atoms with E-state index in [1.807, 2.05) is 7.05 Å². The quantitative estimate of drug-likeness (QED) is 0.863. The molecule has 0 radical (unpaired) electrons. The van der Waals surface area contributed by atoms with Gasteiger partial charge in [0.05, 0.1) is 6.20 Å². The molecule has 2 heterocycles. The van der Waals surface area contributed by atoms with Gasteiger partial charge >= 0.3 is 5.97 Å². The van der Waals surface area contributed by atoms with Crippen LogP contribution in [-0.4, -0.2) is 38.8 Å². The minimum atomic E-state index is -0.778. The molecule has 1 aliphatic heterocycles. The second-order valence-corrected chi connectivity index (χ2v) is 4.64. The fraction of sp³-hybridized carbons (Fsp3) is 0.667. The Morgan fingerprint density at radius 1 is 1.35 bits per heavy atom. The van der Waals surface area contributed by atoms with Gasteiger partial charge in [0.15, 0.2) is 0 Å². The number of aromatic nitrogens is 2. The number of aryl methyl sites for hydroxylation is 1. The van der Waals surface area contributed by atoms with Crippen LogP contribution in [0.4, 0.5) is 0 Å². The minimum absolute atomic E-state index is 0.540. The van der Waals surface area contributed by atoms with Crippen molar-refractivity contribution in [3.63, 3.8) is 0 Å². The molecular weight excluding hydrogens is 218 g/mol. The summed E-state index contributed by atoms with van der Waals surface area (Å²) in [4.78, 5) is 13.5. The third-order valence-electron chi connectivity index (χ3n) is 3.28. The molecule has 1 aromatic rings. The van der Waals surface area contributed by atoms with E-state index in [1.165, 1.54) is 12.8 Å². The lowest BCUT2D eigenvalue weighted by Crippen LogP contribution is -2.34. The average Bonchev–Trinajstić information content (AvgIpc) is 2.53. The van der Waals surface area contributed by atoms with Gasteiger partial charge in [0.2, 0.25) is 0 Å². The molecule has 0 aliphatic carbocycles. The first-order valence-electron chi connectivity index (χ1n) is 6.14. The zero-order valence-corrected chi connectivity index (χ0v) is 10.2. The van der Waals surface area contributed by atoms with Crippen LogP contribution in [0, 0.1) is 0 Å². The lowest BCUT2D eigenvalue weighted by atomic mass is 10.1. The predicted molar refractivity (Wildman–Crippen MR) is 63.6 cm³/mol. The summed E-state index contributed by atoms with van der Waals surface area (Å²) in [6.45, 7) is 1.73. The van der Waals surface area contributed by atoms with Crippen LogP contribution >= 0.6 is 0 Å². The Morgan fingerprint density at radius 2 is 2.00 bits per heavy atom. The summed E-state index contributed by atoms with van der Waals surface area (Å²) >= 11 is 0. The summed E-state index contributed by atoms with van der Waals surface area (Å²) < 4.78 is 1.66. The number of rotatable bonds is 3. The van der Waals surface area contributed by atoms with Crippen LogP contribution < -0.4 is 0 Å². The maximum absolute atomic E-state index is 11.4. The summed E-state index contributed by atoms with van der Waals surface area (Å²) in [7, 11) is 1.81. The highest BCUT2D eigenvalue weighted by Crippen LogP contribution is 2.24.